The van der Waals surface area contributed by atoms with Gasteiger partial charge in [0.2, 0.25) is 11.8 Å². The molecule has 2 fully saturated rings. The number of hydrazine groups is 1. The van der Waals surface area contributed by atoms with Crippen LogP contribution < -0.4 is 38.4 Å². The molecular weight excluding hydrogens is 791 g/mol. The van der Waals surface area contributed by atoms with E-state index in [0.717, 1.165) is 29.5 Å². The molecule has 5 amide bonds. The van der Waals surface area contributed by atoms with Gasteiger partial charge >= 0.3 is 12.2 Å². The van der Waals surface area contributed by atoms with Gasteiger partial charge in [0.1, 0.15) is 17.2 Å². The maximum Gasteiger partial charge on any atom is 0.410 e. The Morgan fingerprint density at radius 2 is 1.32 bits per heavy atom. The van der Waals surface area contributed by atoms with E-state index in [9.17, 15) is 24.0 Å². The summed E-state index contributed by atoms with van der Waals surface area (Å²) >= 11 is 0. The molecule has 62 heavy (non-hydrogen) atoms. The highest BCUT2D eigenvalue weighted by Gasteiger charge is 2.31. The van der Waals surface area contributed by atoms with Crippen molar-refractivity contribution in [2.75, 3.05) is 25.0 Å². The van der Waals surface area contributed by atoms with Gasteiger partial charge < -0.3 is 41.4 Å². The molecular formula is C46H63N9O7. The predicted octanol–water partition coefficient (Wildman–Crippen LogP) is 5.56. The maximum absolute atomic E-state index is 13.8. The number of amidine groups is 1. The number of nitrogens with one attached hydrogen (secondary N) is 5. The molecule has 1 heterocycles. The Bertz CT molecular complexity index is 2030. The molecule has 0 unspecified atom stereocenters. The van der Waals surface area contributed by atoms with Gasteiger partial charge in [0.25, 0.3) is 5.91 Å². The molecule has 5 rings (SSSR count). The van der Waals surface area contributed by atoms with E-state index in [-0.39, 0.29) is 53.9 Å². The molecule has 1 aliphatic carbocycles. The number of benzene rings is 3. The van der Waals surface area contributed by atoms with Crippen molar-refractivity contribution in [2.45, 2.75) is 110 Å². The average Bonchev–Trinajstić information content (AvgIpc) is 3.22. The zero-order valence-electron chi connectivity index (χ0n) is 36.7. The summed E-state index contributed by atoms with van der Waals surface area (Å²) in [5.41, 5.74) is 11.3. The molecule has 16 nitrogen and oxygen atoms in total. The largest absolute Gasteiger partial charge is 0.444 e. The van der Waals surface area contributed by atoms with Crippen molar-refractivity contribution in [1.29, 1.82) is 0 Å². The molecule has 1 saturated carbocycles. The van der Waals surface area contributed by atoms with Crippen LogP contribution in [-0.4, -0.2) is 83.6 Å². The highest BCUT2D eigenvalue weighted by Crippen LogP contribution is 2.29. The molecule has 0 aromatic heterocycles. The second kappa shape index (κ2) is 21.1. The summed E-state index contributed by atoms with van der Waals surface area (Å²) in [4.78, 5) is 66.9. The summed E-state index contributed by atoms with van der Waals surface area (Å²) in [5, 5.41) is 15.7. The number of rotatable bonds is 13. The van der Waals surface area contributed by atoms with Crippen LogP contribution in [-0.2, 0) is 25.5 Å². The third-order valence-corrected chi connectivity index (χ3v) is 10.8. The van der Waals surface area contributed by atoms with Crippen LogP contribution in [0.3, 0.4) is 0 Å². The Balaban J connectivity index is 1.19. The Kier molecular flexibility index (Phi) is 15.9. The minimum Gasteiger partial charge on any atom is -0.444 e. The molecule has 0 bridgehead atoms. The average molecular weight is 854 g/mol. The summed E-state index contributed by atoms with van der Waals surface area (Å²) in [7, 11) is 0. The van der Waals surface area contributed by atoms with E-state index in [0.29, 0.717) is 62.1 Å². The SMILES string of the molecule is CC(C)(C)OC(=O)NCC1CCC(C(=O)N[C@@H](Cc2ccc(-c3ccc(C(=O)NC4CCN(C(=O)OC(C)(C)C)CC4)cc3)cc2)C(=O)Nc2ccc(/C(N)=N/NN)cc2)CC1. The number of anilines is 1. The first-order valence-corrected chi connectivity index (χ1v) is 21.3. The zero-order valence-corrected chi connectivity index (χ0v) is 36.7. The fourth-order valence-corrected chi connectivity index (χ4v) is 7.44. The number of alkyl carbamates (subject to hydrolysis) is 1. The number of nitrogens with two attached hydrogens (primary N) is 2. The van der Waals surface area contributed by atoms with Crippen LogP contribution in [0, 0.1) is 11.8 Å². The van der Waals surface area contributed by atoms with Crippen LogP contribution in [0.2, 0.25) is 0 Å². The number of hydrogen-bond donors (Lipinski definition) is 7. The molecule has 334 valence electrons. The highest BCUT2D eigenvalue weighted by molar-refractivity contribution is 6.00. The summed E-state index contributed by atoms with van der Waals surface area (Å²) in [5.74, 6) is 4.64. The van der Waals surface area contributed by atoms with Gasteiger partial charge in [0, 0.05) is 54.8 Å². The number of hydrogen-bond acceptors (Lipinski definition) is 10. The summed E-state index contributed by atoms with van der Waals surface area (Å²) in [6, 6.07) is 21.0. The number of hydrazone groups is 1. The van der Waals surface area contributed by atoms with E-state index in [2.05, 4.69) is 31.9 Å². The molecule has 0 spiro atoms. The predicted molar refractivity (Wildman–Crippen MR) is 239 cm³/mol. The zero-order chi connectivity index (χ0) is 45.0. The Labute approximate surface area is 364 Å². The van der Waals surface area contributed by atoms with Gasteiger partial charge in [0.15, 0.2) is 5.84 Å². The standard InChI is InChI=1S/C46H63N9O7/c1-45(2,3)61-43(59)49-28-30-9-13-34(14-10-30)41(57)52-38(42(58)51-36-21-19-33(20-22-36)39(47)53-54-48)27-29-7-11-31(12-8-29)32-15-17-35(18-16-32)40(56)50-37-23-25-55(26-24-37)44(60)62-46(4,5)6/h7-8,11-12,15-22,30,34,37-38,54H,9-10,13-14,23-28,48H2,1-6H3,(H2,47,53)(H,49,59)(H,50,56)(H,51,58)(H,52,57)/t30?,34?,38-/m0/s1. The lowest BCUT2D eigenvalue weighted by atomic mass is 9.81. The minimum absolute atomic E-state index is 0.0435. The van der Waals surface area contributed by atoms with Gasteiger partial charge in [-0.25, -0.2) is 21.0 Å². The van der Waals surface area contributed by atoms with Gasteiger partial charge in [-0.2, -0.15) is 0 Å². The normalized spacial score (nSPS) is 17.9. The lowest BCUT2D eigenvalue weighted by molar-refractivity contribution is -0.130. The van der Waals surface area contributed by atoms with Crippen molar-refractivity contribution in [1.82, 2.24) is 26.4 Å². The maximum atomic E-state index is 13.8. The van der Waals surface area contributed by atoms with Crippen LogP contribution in [0.15, 0.2) is 77.9 Å². The number of carbonyl (C=O) groups excluding carboxylic acids is 5. The Morgan fingerprint density at radius 3 is 1.89 bits per heavy atom. The highest BCUT2D eigenvalue weighted by atomic mass is 16.6. The van der Waals surface area contributed by atoms with Gasteiger partial charge in [-0.1, -0.05) is 36.4 Å². The van der Waals surface area contributed by atoms with Crippen LogP contribution in [0.1, 0.15) is 102 Å². The number of piperidine rings is 1. The second-order valence-electron chi connectivity index (χ2n) is 18.0. The lowest BCUT2D eigenvalue weighted by Crippen LogP contribution is -2.48. The monoisotopic (exact) mass is 853 g/mol. The first kappa shape index (κ1) is 46.9. The topological polar surface area (TPSA) is 232 Å². The fraction of sp³-hybridized carbons (Fsp3) is 0.478. The van der Waals surface area contributed by atoms with E-state index < -0.39 is 23.3 Å². The van der Waals surface area contributed by atoms with Gasteiger partial charge in [-0.05, 0) is 139 Å². The van der Waals surface area contributed by atoms with Crippen molar-refractivity contribution in [3.8, 4) is 11.1 Å². The molecule has 9 N–H and O–H groups in total. The second-order valence-corrected chi connectivity index (χ2v) is 18.0. The molecule has 3 aromatic rings. The third kappa shape index (κ3) is 14.5. The van der Waals surface area contributed by atoms with E-state index >= 15 is 0 Å². The Hall–Kier alpha value is -6.16. The Morgan fingerprint density at radius 1 is 0.758 bits per heavy atom. The van der Waals surface area contributed by atoms with Crippen LogP contribution >= 0.6 is 0 Å². The van der Waals surface area contributed by atoms with Gasteiger partial charge in [-0.3, -0.25) is 14.4 Å². The number of carbonyl (C=O) groups is 5. The first-order valence-electron chi connectivity index (χ1n) is 21.3. The first-order chi connectivity index (χ1) is 29.4. The molecule has 1 saturated heterocycles. The quantitative estimate of drug-likeness (QED) is 0.0490. The van der Waals surface area contributed by atoms with E-state index in [4.69, 9.17) is 21.1 Å². The summed E-state index contributed by atoms with van der Waals surface area (Å²) in [6.45, 7) is 12.5. The molecule has 2 aliphatic rings. The van der Waals surface area contributed by atoms with E-state index in [1.54, 1.807) is 41.3 Å². The van der Waals surface area contributed by atoms with Crippen molar-refractivity contribution in [3.05, 3.63) is 89.5 Å². The molecule has 1 atom stereocenters. The number of ether oxygens (including phenoxy) is 2. The van der Waals surface area contributed by atoms with Crippen molar-refractivity contribution < 1.29 is 33.4 Å². The molecule has 3 aromatic carbocycles. The minimum atomic E-state index is -0.880. The molecule has 1 aliphatic heterocycles. The van der Waals surface area contributed by atoms with Gasteiger partial charge in [0.05, 0.1) is 0 Å². The molecule has 0 radical (unpaired) electrons. The summed E-state index contributed by atoms with van der Waals surface area (Å²) < 4.78 is 10.8. The third-order valence-electron chi connectivity index (χ3n) is 10.8. The number of nitrogens with zero attached hydrogens (tertiary/aromatic N) is 2. The fourth-order valence-electron chi connectivity index (χ4n) is 7.44. The van der Waals surface area contributed by atoms with E-state index in [1.807, 2.05) is 77.9 Å². The van der Waals surface area contributed by atoms with E-state index in [1.165, 1.54) is 0 Å². The van der Waals surface area contributed by atoms with Crippen molar-refractivity contribution in [3.63, 3.8) is 0 Å². The van der Waals surface area contributed by atoms with Crippen LogP contribution in [0.25, 0.3) is 11.1 Å². The van der Waals surface area contributed by atoms with Crippen molar-refractivity contribution in [2.24, 2.45) is 28.5 Å². The lowest BCUT2D eigenvalue weighted by Gasteiger charge is -2.33. The van der Waals surface area contributed by atoms with Gasteiger partial charge in [-0.15, -0.1) is 5.10 Å². The number of amides is 5. The number of likely N-dealkylation sites (tertiary alicyclic amines) is 1. The van der Waals surface area contributed by atoms with Crippen molar-refractivity contribution >= 4 is 41.4 Å². The van der Waals surface area contributed by atoms with Crippen LogP contribution in [0.4, 0.5) is 15.3 Å². The smallest absolute Gasteiger partial charge is 0.410 e. The summed E-state index contributed by atoms with van der Waals surface area (Å²) in [6.07, 6.45) is 3.51. The molecule has 16 heteroatoms. The van der Waals surface area contributed by atoms with Crippen LogP contribution in [0.5, 0.6) is 0 Å².